The molecule has 1 aromatic rings. The molecule has 0 aliphatic carbocycles. The lowest BCUT2D eigenvalue weighted by atomic mass is 10.3. The largest absolute Gasteiger partial charge is 0.365 e. The maximum atomic E-state index is 8.58. The summed E-state index contributed by atoms with van der Waals surface area (Å²) < 4.78 is 0. The molecule has 3 nitrogen and oxygen atoms in total. The van der Waals surface area contributed by atoms with Gasteiger partial charge in [-0.15, -0.1) is 0 Å². The summed E-state index contributed by atoms with van der Waals surface area (Å²) in [6, 6.07) is 11.9. The highest BCUT2D eigenvalue weighted by Gasteiger charge is 2.09. The van der Waals surface area contributed by atoms with Gasteiger partial charge in [0.05, 0.1) is 12.5 Å². The Labute approximate surface area is 95.3 Å². The highest BCUT2D eigenvalue weighted by molar-refractivity contribution is 7.80. The van der Waals surface area contributed by atoms with Crippen LogP contribution in [0, 0.1) is 11.3 Å². The predicted octanol–water partition coefficient (Wildman–Crippen LogP) is 1.91. The average molecular weight is 219 g/mol. The zero-order valence-electron chi connectivity index (χ0n) is 8.60. The Kier molecular flexibility index (Phi) is 4.58. The Balaban J connectivity index is 2.82. The lowest BCUT2D eigenvalue weighted by molar-refractivity contribution is 0.949. The molecular weight excluding hydrogens is 206 g/mol. The maximum absolute atomic E-state index is 8.58. The number of hydrogen-bond acceptors (Lipinski definition) is 2. The number of anilines is 1. The highest BCUT2D eigenvalue weighted by atomic mass is 32.1. The normalized spacial score (nSPS) is 9.07. The van der Waals surface area contributed by atoms with Crippen molar-refractivity contribution in [3.8, 4) is 6.07 Å². The van der Waals surface area contributed by atoms with Crippen LogP contribution in [0.5, 0.6) is 0 Å². The van der Waals surface area contributed by atoms with E-state index >= 15 is 0 Å². The number of nitriles is 1. The summed E-state index contributed by atoms with van der Waals surface area (Å²) in [5.74, 6) is 0. The van der Waals surface area contributed by atoms with Crippen molar-refractivity contribution < 1.29 is 0 Å². The first-order valence-corrected chi connectivity index (χ1v) is 5.11. The van der Waals surface area contributed by atoms with E-state index in [1.807, 2.05) is 35.2 Å². The lowest BCUT2D eigenvalue weighted by Gasteiger charge is -2.23. The molecule has 0 fully saturated rings. The van der Waals surface area contributed by atoms with Crippen LogP contribution in [0.2, 0.25) is 0 Å². The van der Waals surface area contributed by atoms with Crippen molar-refractivity contribution in [2.45, 2.75) is 6.42 Å². The molecule has 0 heterocycles. The van der Waals surface area contributed by atoms with Gasteiger partial charge >= 0.3 is 0 Å². The van der Waals surface area contributed by atoms with Crippen LogP contribution in [-0.4, -0.2) is 18.7 Å². The molecule has 0 saturated heterocycles. The van der Waals surface area contributed by atoms with Crippen LogP contribution in [0.15, 0.2) is 30.3 Å². The summed E-state index contributed by atoms with van der Waals surface area (Å²) in [6.07, 6.45) is 0.455. The molecule has 15 heavy (non-hydrogen) atoms. The van der Waals surface area contributed by atoms with E-state index in [9.17, 15) is 0 Å². The molecule has 0 unspecified atom stereocenters. The van der Waals surface area contributed by atoms with Crippen molar-refractivity contribution in [2.75, 3.05) is 18.5 Å². The Morgan fingerprint density at radius 1 is 1.47 bits per heavy atom. The van der Waals surface area contributed by atoms with Gasteiger partial charge in [0.1, 0.15) is 0 Å². The van der Waals surface area contributed by atoms with Crippen molar-refractivity contribution in [3.05, 3.63) is 30.3 Å². The van der Waals surface area contributed by atoms with Gasteiger partial charge in [0, 0.05) is 19.3 Å². The quantitative estimate of drug-likeness (QED) is 0.788. The summed E-state index contributed by atoms with van der Waals surface area (Å²) in [5.41, 5.74) is 1.01. The van der Waals surface area contributed by atoms with Gasteiger partial charge in [-0.2, -0.15) is 5.26 Å². The molecule has 78 valence electrons. The molecule has 1 N–H and O–H groups in total. The minimum Gasteiger partial charge on any atom is -0.365 e. The first-order chi connectivity index (χ1) is 7.29. The predicted molar refractivity (Wildman–Crippen MR) is 65.7 cm³/mol. The van der Waals surface area contributed by atoms with Crippen LogP contribution in [0.3, 0.4) is 0 Å². The Morgan fingerprint density at radius 3 is 2.67 bits per heavy atom. The fourth-order valence-electron chi connectivity index (χ4n) is 1.25. The number of nitrogens with zero attached hydrogens (tertiary/aromatic N) is 2. The van der Waals surface area contributed by atoms with Crippen molar-refractivity contribution in [3.63, 3.8) is 0 Å². The SMILES string of the molecule is CNC(=S)N(CCC#N)c1ccccc1. The molecule has 0 atom stereocenters. The molecule has 0 radical (unpaired) electrons. The molecule has 0 aliphatic rings. The molecule has 0 spiro atoms. The molecule has 1 aromatic carbocycles. The van der Waals surface area contributed by atoms with Gasteiger partial charge in [0.15, 0.2) is 5.11 Å². The van der Waals surface area contributed by atoms with E-state index in [4.69, 9.17) is 17.5 Å². The zero-order valence-corrected chi connectivity index (χ0v) is 9.42. The molecule has 0 bridgehead atoms. The topological polar surface area (TPSA) is 39.1 Å². The minimum atomic E-state index is 0.455. The van der Waals surface area contributed by atoms with Crippen molar-refractivity contribution in [2.24, 2.45) is 0 Å². The van der Waals surface area contributed by atoms with Crippen molar-refractivity contribution in [1.82, 2.24) is 5.32 Å². The van der Waals surface area contributed by atoms with E-state index in [1.54, 1.807) is 7.05 Å². The molecule has 0 saturated carbocycles. The third-order valence-electron chi connectivity index (χ3n) is 1.97. The number of rotatable bonds is 3. The molecule has 0 aliphatic heterocycles. The Morgan fingerprint density at radius 2 is 2.13 bits per heavy atom. The van der Waals surface area contributed by atoms with E-state index in [-0.39, 0.29) is 0 Å². The number of nitrogens with one attached hydrogen (secondary N) is 1. The van der Waals surface area contributed by atoms with Gasteiger partial charge in [-0.25, -0.2) is 0 Å². The minimum absolute atomic E-state index is 0.455. The zero-order chi connectivity index (χ0) is 11.1. The van der Waals surface area contributed by atoms with Crippen LogP contribution in [0.25, 0.3) is 0 Å². The first kappa shape index (κ1) is 11.5. The molecule has 4 heteroatoms. The second-order valence-corrected chi connectivity index (χ2v) is 3.34. The fraction of sp³-hybridized carbons (Fsp3) is 0.273. The number of thiocarbonyl (C=S) groups is 1. The number of hydrogen-bond donors (Lipinski definition) is 1. The molecule has 0 aromatic heterocycles. The summed E-state index contributed by atoms with van der Waals surface area (Å²) >= 11 is 5.18. The van der Waals surface area contributed by atoms with E-state index in [0.717, 1.165) is 5.69 Å². The van der Waals surface area contributed by atoms with Crippen molar-refractivity contribution >= 4 is 23.0 Å². The van der Waals surface area contributed by atoms with Gasteiger partial charge in [-0.1, -0.05) is 18.2 Å². The molecule has 0 amide bonds. The van der Waals surface area contributed by atoms with Gasteiger partial charge < -0.3 is 10.2 Å². The number of benzene rings is 1. The second kappa shape index (κ2) is 5.99. The molecule has 1 rings (SSSR count). The average Bonchev–Trinajstić information content (AvgIpc) is 2.30. The summed E-state index contributed by atoms with van der Waals surface area (Å²) in [6.45, 7) is 0.611. The van der Waals surface area contributed by atoms with Gasteiger partial charge in [0.2, 0.25) is 0 Å². The van der Waals surface area contributed by atoms with Gasteiger partial charge in [-0.05, 0) is 24.4 Å². The lowest BCUT2D eigenvalue weighted by Crippen LogP contribution is -2.38. The third kappa shape index (κ3) is 3.22. The van der Waals surface area contributed by atoms with Crippen LogP contribution in [0.4, 0.5) is 5.69 Å². The highest BCUT2D eigenvalue weighted by Crippen LogP contribution is 2.13. The maximum Gasteiger partial charge on any atom is 0.173 e. The van der Waals surface area contributed by atoms with E-state index in [1.165, 1.54) is 0 Å². The first-order valence-electron chi connectivity index (χ1n) is 4.71. The van der Waals surface area contributed by atoms with Crippen LogP contribution >= 0.6 is 12.2 Å². The van der Waals surface area contributed by atoms with Gasteiger partial charge in [0.25, 0.3) is 0 Å². The van der Waals surface area contributed by atoms with E-state index < -0.39 is 0 Å². The molecular formula is C11H13N3S. The van der Waals surface area contributed by atoms with E-state index in [2.05, 4.69) is 11.4 Å². The van der Waals surface area contributed by atoms with Crippen LogP contribution < -0.4 is 10.2 Å². The summed E-state index contributed by atoms with van der Waals surface area (Å²) in [7, 11) is 1.78. The second-order valence-electron chi connectivity index (χ2n) is 2.95. The smallest absolute Gasteiger partial charge is 0.173 e. The Bertz CT molecular complexity index is 356. The fourth-order valence-corrected chi connectivity index (χ4v) is 1.45. The monoisotopic (exact) mass is 219 g/mol. The Hall–Kier alpha value is -1.60. The van der Waals surface area contributed by atoms with Crippen LogP contribution in [0.1, 0.15) is 6.42 Å². The van der Waals surface area contributed by atoms with Gasteiger partial charge in [-0.3, -0.25) is 0 Å². The standard InChI is InChI=1S/C11H13N3S/c1-13-11(15)14(9-5-8-12)10-6-3-2-4-7-10/h2-4,6-7H,5,9H2,1H3,(H,13,15). The number of para-hydroxylation sites is 1. The summed E-state index contributed by atoms with van der Waals surface area (Å²) in [5, 5.41) is 12.1. The van der Waals surface area contributed by atoms with E-state index in [0.29, 0.717) is 18.1 Å². The third-order valence-corrected chi connectivity index (χ3v) is 2.40. The summed E-state index contributed by atoms with van der Waals surface area (Å²) in [4.78, 5) is 1.92. The van der Waals surface area contributed by atoms with Crippen molar-refractivity contribution in [1.29, 1.82) is 5.26 Å². The van der Waals surface area contributed by atoms with Crippen LogP contribution in [-0.2, 0) is 0 Å².